The Balaban J connectivity index is 2.00. The molecule has 1 N–H and O–H groups in total. The van der Waals surface area contributed by atoms with Crippen molar-refractivity contribution in [1.82, 2.24) is 20.2 Å². The molecule has 0 aliphatic heterocycles. The molecular formula is C16H23N5O2S. The second-order valence-electron chi connectivity index (χ2n) is 6.19. The zero-order chi connectivity index (χ0) is 17.2. The van der Waals surface area contributed by atoms with E-state index in [2.05, 4.69) is 20.7 Å². The molecule has 0 spiro atoms. The summed E-state index contributed by atoms with van der Waals surface area (Å²) in [5.41, 5.74) is 1.55. The molecule has 0 atom stereocenters. The number of nitrogens with one attached hydrogen (secondary N) is 1. The first-order valence-electron chi connectivity index (χ1n) is 8.37. The average molecular weight is 349 g/mol. The fourth-order valence-electron chi connectivity index (χ4n) is 3.05. The molecule has 3 rings (SSSR count). The van der Waals surface area contributed by atoms with Gasteiger partial charge in [0.1, 0.15) is 0 Å². The Morgan fingerprint density at radius 2 is 2.00 bits per heavy atom. The van der Waals surface area contributed by atoms with E-state index in [1.165, 1.54) is 24.1 Å². The topological polar surface area (TPSA) is 89.8 Å². The molecule has 1 aromatic carbocycles. The van der Waals surface area contributed by atoms with Gasteiger partial charge in [0.25, 0.3) is 0 Å². The molecule has 7 nitrogen and oxygen atoms in total. The van der Waals surface area contributed by atoms with Crippen LogP contribution in [0.4, 0.5) is 5.69 Å². The number of benzene rings is 1. The third-order valence-electron chi connectivity index (χ3n) is 4.44. The minimum absolute atomic E-state index is 0.0652. The summed E-state index contributed by atoms with van der Waals surface area (Å²) in [5, 5.41) is 15.7. The van der Waals surface area contributed by atoms with E-state index >= 15 is 0 Å². The SMILES string of the molecule is CCS(=O)(=O)c1ccc(NC2CCCCC2)c(-c2nnn(C)n2)c1. The van der Waals surface area contributed by atoms with E-state index in [1.807, 2.05) is 6.07 Å². The van der Waals surface area contributed by atoms with Gasteiger partial charge in [0, 0.05) is 17.3 Å². The lowest BCUT2D eigenvalue weighted by Crippen LogP contribution is -2.22. The zero-order valence-corrected chi connectivity index (χ0v) is 14.9. The quantitative estimate of drug-likeness (QED) is 0.891. The molecule has 1 aliphatic carbocycles. The van der Waals surface area contributed by atoms with Gasteiger partial charge in [-0.2, -0.15) is 4.80 Å². The van der Waals surface area contributed by atoms with Crippen LogP contribution in [0.3, 0.4) is 0 Å². The Hall–Kier alpha value is -1.96. The number of tetrazole rings is 1. The van der Waals surface area contributed by atoms with Crippen LogP contribution in [0.1, 0.15) is 39.0 Å². The van der Waals surface area contributed by atoms with Gasteiger partial charge in [0.05, 0.1) is 17.7 Å². The Bertz CT molecular complexity index is 810. The van der Waals surface area contributed by atoms with Crippen molar-refractivity contribution in [1.29, 1.82) is 0 Å². The van der Waals surface area contributed by atoms with Crippen molar-refractivity contribution in [2.75, 3.05) is 11.1 Å². The van der Waals surface area contributed by atoms with Crippen LogP contribution in [-0.2, 0) is 16.9 Å². The van der Waals surface area contributed by atoms with E-state index in [0.29, 0.717) is 22.3 Å². The van der Waals surface area contributed by atoms with Crippen molar-refractivity contribution in [3.8, 4) is 11.4 Å². The van der Waals surface area contributed by atoms with Crippen molar-refractivity contribution in [3.63, 3.8) is 0 Å². The summed E-state index contributed by atoms with van der Waals surface area (Å²) < 4.78 is 24.4. The Kier molecular flexibility index (Phi) is 4.84. The first-order valence-corrected chi connectivity index (χ1v) is 10.0. The predicted molar refractivity (Wildman–Crippen MR) is 92.5 cm³/mol. The molecule has 1 fully saturated rings. The van der Waals surface area contributed by atoms with Crippen molar-refractivity contribution in [3.05, 3.63) is 18.2 Å². The molecule has 0 radical (unpaired) electrons. The molecule has 1 aliphatic rings. The second-order valence-corrected chi connectivity index (χ2v) is 8.47. The summed E-state index contributed by atoms with van der Waals surface area (Å²) >= 11 is 0. The molecule has 8 heteroatoms. The highest BCUT2D eigenvalue weighted by Gasteiger charge is 2.20. The lowest BCUT2D eigenvalue weighted by Gasteiger charge is -2.25. The standard InChI is InChI=1S/C16H23N5O2S/c1-3-24(22,23)13-9-10-15(17-12-7-5-4-6-8-12)14(11-13)16-18-20-21(2)19-16/h9-12,17H,3-8H2,1-2H3. The lowest BCUT2D eigenvalue weighted by atomic mass is 9.95. The third kappa shape index (κ3) is 3.58. The summed E-state index contributed by atoms with van der Waals surface area (Å²) in [6, 6.07) is 5.54. The molecule has 0 saturated heterocycles. The first kappa shape index (κ1) is 16.9. The molecule has 24 heavy (non-hydrogen) atoms. The largest absolute Gasteiger partial charge is 0.382 e. The highest BCUT2D eigenvalue weighted by atomic mass is 32.2. The average Bonchev–Trinajstić information content (AvgIpc) is 3.02. The van der Waals surface area contributed by atoms with E-state index in [4.69, 9.17) is 0 Å². The zero-order valence-electron chi connectivity index (χ0n) is 14.1. The monoisotopic (exact) mass is 349 g/mol. The fraction of sp³-hybridized carbons (Fsp3) is 0.562. The minimum atomic E-state index is -3.28. The number of sulfone groups is 1. The highest BCUT2D eigenvalue weighted by molar-refractivity contribution is 7.91. The number of rotatable bonds is 5. The van der Waals surface area contributed by atoms with Crippen molar-refractivity contribution in [2.45, 2.75) is 50.0 Å². The summed E-state index contributed by atoms with van der Waals surface area (Å²) in [5.74, 6) is 0.499. The van der Waals surface area contributed by atoms with Gasteiger partial charge in [-0.05, 0) is 36.3 Å². The van der Waals surface area contributed by atoms with Crippen molar-refractivity contribution < 1.29 is 8.42 Å². The Labute approximate surface area is 142 Å². The van der Waals surface area contributed by atoms with E-state index < -0.39 is 9.84 Å². The van der Waals surface area contributed by atoms with Crippen LogP contribution in [0.25, 0.3) is 11.4 Å². The van der Waals surface area contributed by atoms with Crippen molar-refractivity contribution in [2.24, 2.45) is 7.05 Å². The van der Waals surface area contributed by atoms with Crippen LogP contribution >= 0.6 is 0 Å². The van der Waals surface area contributed by atoms with Gasteiger partial charge >= 0.3 is 0 Å². The van der Waals surface area contributed by atoms with Crippen LogP contribution in [0.5, 0.6) is 0 Å². The van der Waals surface area contributed by atoms with Gasteiger partial charge in [-0.1, -0.05) is 26.2 Å². The fourth-order valence-corrected chi connectivity index (χ4v) is 3.96. The summed E-state index contributed by atoms with van der Waals surface area (Å²) in [7, 11) is -1.59. The normalized spacial score (nSPS) is 16.2. The number of anilines is 1. The molecule has 0 unspecified atom stereocenters. The van der Waals surface area contributed by atoms with E-state index in [1.54, 1.807) is 26.1 Å². The maximum absolute atomic E-state index is 12.2. The number of aromatic nitrogens is 4. The number of aryl methyl sites for hydroxylation is 1. The maximum Gasteiger partial charge on any atom is 0.207 e. The Morgan fingerprint density at radius 1 is 1.25 bits per heavy atom. The number of nitrogens with zero attached hydrogens (tertiary/aromatic N) is 4. The number of hydrogen-bond donors (Lipinski definition) is 1. The molecule has 1 saturated carbocycles. The molecule has 2 aromatic rings. The molecule has 0 bridgehead atoms. The van der Waals surface area contributed by atoms with Gasteiger partial charge in [0.2, 0.25) is 5.82 Å². The molecule has 1 aromatic heterocycles. The van der Waals surface area contributed by atoms with E-state index in [0.717, 1.165) is 18.5 Å². The van der Waals surface area contributed by atoms with Gasteiger partial charge in [-0.25, -0.2) is 8.42 Å². The van der Waals surface area contributed by atoms with Crippen LogP contribution < -0.4 is 5.32 Å². The lowest BCUT2D eigenvalue weighted by molar-refractivity contribution is 0.463. The smallest absolute Gasteiger partial charge is 0.207 e. The van der Waals surface area contributed by atoms with Crippen molar-refractivity contribution >= 4 is 15.5 Å². The second kappa shape index (κ2) is 6.88. The van der Waals surface area contributed by atoms with Gasteiger partial charge in [-0.3, -0.25) is 0 Å². The van der Waals surface area contributed by atoms with Crippen LogP contribution in [0.2, 0.25) is 0 Å². The minimum Gasteiger partial charge on any atom is -0.382 e. The molecule has 130 valence electrons. The van der Waals surface area contributed by atoms with Gasteiger partial charge in [-0.15, -0.1) is 10.2 Å². The molecule has 0 amide bonds. The highest BCUT2D eigenvalue weighted by Crippen LogP contribution is 2.31. The van der Waals surface area contributed by atoms with Gasteiger partial charge in [0.15, 0.2) is 9.84 Å². The number of hydrogen-bond acceptors (Lipinski definition) is 6. The van der Waals surface area contributed by atoms with E-state index in [-0.39, 0.29) is 5.75 Å². The van der Waals surface area contributed by atoms with E-state index in [9.17, 15) is 8.42 Å². The molecular weight excluding hydrogens is 326 g/mol. The summed E-state index contributed by atoms with van der Waals surface area (Å²) in [6.45, 7) is 1.64. The molecule has 1 heterocycles. The Morgan fingerprint density at radius 3 is 2.62 bits per heavy atom. The summed E-state index contributed by atoms with van der Waals surface area (Å²) in [6.07, 6.45) is 5.98. The van der Waals surface area contributed by atoms with Crippen LogP contribution in [0.15, 0.2) is 23.1 Å². The predicted octanol–water partition coefficient (Wildman–Crippen LogP) is 2.42. The maximum atomic E-state index is 12.2. The summed E-state index contributed by atoms with van der Waals surface area (Å²) in [4.78, 5) is 1.67. The van der Waals surface area contributed by atoms with Crippen LogP contribution in [-0.4, -0.2) is 40.4 Å². The third-order valence-corrected chi connectivity index (χ3v) is 6.18. The first-order chi connectivity index (χ1) is 11.5. The van der Waals surface area contributed by atoms with Gasteiger partial charge < -0.3 is 5.32 Å². The van der Waals surface area contributed by atoms with Crippen LogP contribution in [0, 0.1) is 0 Å².